The summed E-state index contributed by atoms with van der Waals surface area (Å²) in [6.07, 6.45) is 1.95. The number of halogens is 2. The van der Waals surface area contributed by atoms with E-state index in [-0.39, 0.29) is 11.8 Å². The summed E-state index contributed by atoms with van der Waals surface area (Å²) >= 11 is 12.0. The van der Waals surface area contributed by atoms with Crippen molar-refractivity contribution in [2.24, 2.45) is 5.92 Å². The molecule has 0 radical (unpaired) electrons. The molecule has 1 amide bonds. The van der Waals surface area contributed by atoms with Gasteiger partial charge in [-0.25, -0.2) is 0 Å². The molecule has 1 aliphatic carbocycles. The van der Waals surface area contributed by atoms with Crippen LogP contribution in [0.3, 0.4) is 0 Å². The Morgan fingerprint density at radius 1 is 1.33 bits per heavy atom. The number of benzene rings is 1. The minimum Gasteiger partial charge on any atom is -0.324 e. The lowest BCUT2D eigenvalue weighted by atomic mass is 10.2. The molecule has 0 heterocycles. The maximum absolute atomic E-state index is 11.5. The second kappa shape index (κ2) is 4.03. The van der Waals surface area contributed by atoms with Gasteiger partial charge in [0.25, 0.3) is 0 Å². The fourth-order valence-electron chi connectivity index (χ4n) is 1.32. The number of hydrogen-bond donors (Lipinski definition) is 1. The number of rotatable bonds is 2. The molecule has 0 aliphatic heterocycles. The van der Waals surface area contributed by atoms with Crippen molar-refractivity contribution in [3.8, 4) is 0 Å². The highest BCUT2D eigenvalue weighted by Crippen LogP contribution is 2.33. The van der Waals surface area contributed by atoms with Crippen LogP contribution in [0.5, 0.6) is 0 Å². The molecule has 1 fully saturated rings. The second-order valence-electron chi connectivity index (χ2n) is 3.84. The first kappa shape index (κ1) is 10.8. The minimum atomic E-state index is 0.0387. The largest absolute Gasteiger partial charge is 0.324 e. The molecule has 15 heavy (non-hydrogen) atoms. The summed E-state index contributed by atoms with van der Waals surface area (Å²) in [5, 5.41) is 3.93. The molecule has 0 bridgehead atoms. The number of anilines is 1. The van der Waals surface area contributed by atoms with Crippen LogP contribution in [0.15, 0.2) is 12.1 Å². The van der Waals surface area contributed by atoms with Gasteiger partial charge in [0.15, 0.2) is 0 Å². The molecule has 2 nitrogen and oxygen atoms in total. The lowest BCUT2D eigenvalue weighted by molar-refractivity contribution is -0.117. The Balaban J connectivity index is 2.20. The molecule has 0 aromatic heterocycles. The third-order valence-corrected chi connectivity index (χ3v) is 3.17. The van der Waals surface area contributed by atoms with Crippen molar-refractivity contribution in [3.63, 3.8) is 0 Å². The molecule has 0 saturated heterocycles. The minimum absolute atomic E-state index is 0.0387. The average Bonchev–Trinajstić information content (AvgIpc) is 2.97. The van der Waals surface area contributed by atoms with Crippen LogP contribution in [-0.2, 0) is 4.79 Å². The van der Waals surface area contributed by atoms with Gasteiger partial charge in [-0.3, -0.25) is 4.79 Å². The number of aryl methyl sites for hydroxylation is 1. The summed E-state index contributed by atoms with van der Waals surface area (Å²) in [6.45, 7) is 1.88. The lowest BCUT2D eigenvalue weighted by Gasteiger charge is -2.08. The Kier molecular flexibility index (Phi) is 2.89. The van der Waals surface area contributed by atoms with Gasteiger partial charge in [-0.15, -0.1) is 0 Å². The van der Waals surface area contributed by atoms with Crippen molar-refractivity contribution in [1.29, 1.82) is 0 Å². The number of carbonyl (C=O) groups excluding carboxylic acids is 1. The first-order valence-electron chi connectivity index (χ1n) is 4.84. The van der Waals surface area contributed by atoms with E-state index in [4.69, 9.17) is 23.2 Å². The topological polar surface area (TPSA) is 29.1 Å². The third kappa shape index (κ3) is 2.44. The van der Waals surface area contributed by atoms with Crippen LogP contribution in [0.25, 0.3) is 0 Å². The summed E-state index contributed by atoms with van der Waals surface area (Å²) in [5.41, 5.74) is 1.51. The molecule has 80 valence electrons. The summed E-state index contributed by atoms with van der Waals surface area (Å²) in [6, 6.07) is 3.45. The van der Waals surface area contributed by atoms with Crippen LogP contribution in [0, 0.1) is 12.8 Å². The van der Waals surface area contributed by atoms with Crippen LogP contribution < -0.4 is 5.32 Å². The first-order valence-corrected chi connectivity index (χ1v) is 5.60. The Bertz CT molecular complexity index is 413. The molecule has 0 unspecified atom stereocenters. The van der Waals surface area contributed by atoms with E-state index in [9.17, 15) is 4.79 Å². The molecule has 2 rings (SSSR count). The molecule has 1 aromatic rings. The van der Waals surface area contributed by atoms with Crippen LogP contribution in [-0.4, -0.2) is 5.91 Å². The van der Waals surface area contributed by atoms with Gasteiger partial charge in [-0.05, 0) is 37.5 Å². The fraction of sp³-hybridized carbons (Fsp3) is 0.364. The molecular weight excluding hydrogens is 233 g/mol. The zero-order chi connectivity index (χ0) is 11.0. The van der Waals surface area contributed by atoms with Crippen molar-refractivity contribution < 1.29 is 4.79 Å². The van der Waals surface area contributed by atoms with Crippen LogP contribution in [0.4, 0.5) is 5.69 Å². The SMILES string of the molecule is Cc1cc(Cl)c(NC(=O)C2CC2)cc1Cl. The van der Waals surface area contributed by atoms with E-state index < -0.39 is 0 Å². The molecule has 1 N–H and O–H groups in total. The zero-order valence-electron chi connectivity index (χ0n) is 8.31. The smallest absolute Gasteiger partial charge is 0.227 e. The fourth-order valence-corrected chi connectivity index (χ4v) is 1.75. The van der Waals surface area contributed by atoms with Crippen LogP contribution in [0.2, 0.25) is 10.0 Å². The number of hydrogen-bond acceptors (Lipinski definition) is 1. The Morgan fingerprint density at radius 3 is 2.60 bits per heavy atom. The second-order valence-corrected chi connectivity index (χ2v) is 4.66. The van der Waals surface area contributed by atoms with Gasteiger partial charge in [0, 0.05) is 10.9 Å². The third-order valence-electron chi connectivity index (χ3n) is 2.45. The summed E-state index contributed by atoms with van der Waals surface area (Å²) in [5.74, 6) is 0.206. The van der Waals surface area contributed by atoms with E-state index in [0.29, 0.717) is 15.7 Å². The molecule has 0 spiro atoms. The van der Waals surface area contributed by atoms with E-state index >= 15 is 0 Å². The maximum atomic E-state index is 11.5. The predicted molar refractivity (Wildman–Crippen MR) is 62.6 cm³/mol. The highest BCUT2D eigenvalue weighted by Gasteiger charge is 2.29. The van der Waals surface area contributed by atoms with Gasteiger partial charge < -0.3 is 5.32 Å². The van der Waals surface area contributed by atoms with E-state index in [1.165, 1.54) is 0 Å². The van der Waals surface area contributed by atoms with Crippen LogP contribution in [0.1, 0.15) is 18.4 Å². The summed E-state index contributed by atoms with van der Waals surface area (Å²) < 4.78 is 0. The van der Waals surface area contributed by atoms with Crippen molar-refractivity contribution in [2.45, 2.75) is 19.8 Å². The van der Waals surface area contributed by atoms with Gasteiger partial charge >= 0.3 is 0 Å². The van der Waals surface area contributed by atoms with E-state index in [0.717, 1.165) is 18.4 Å². The van der Waals surface area contributed by atoms with Crippen molar-refractivity contribution in [1.82, 2.24) is 0 Å². The predicted octanol–water partition coefficient (Wildman–Crippen LogP) is 3.65. The normalized spacial score (nSPS) is 15.1. The standard InChI is InChI=1S/C11H11Cl2NO/c1-6-4-9(13)10(5-8(6)12)14-11(15)7-2-3-7/h4-5,7H,2-3H2,1H3,(H,14,15). The number of carbonyl (C=O) groups is 1. The van der Waals surface area contributed by atoms with Gasteiger partial charge in [0.1, 0.15) is 0 Å². The monoisotopic (exact) mass is 243 g/mol. The highest BCUT2D eigenvalue weighted by molar-refractivity contribution is 6.36. The maximum Gasteiger partial charge on any atom is 0.227 e. The molecule has 1 aromatic carbocycles. The number of amides is 1. The highest BCUT2D eigenvalue weighted by atomic mass is 35.5. The van der Waals surface area contributed by atoms with Crippen molar-refractivity contribution in [2.75, 3.05) is 5.32 Å². The molecule has 4 heteroatoms. The average molecular weight is 244 g/mol. The van der Waals surface area contributed by atoms with Gasteiger partial charge in [-0.2, -0.15) is 0 Å². The van der Waals surface area contributed by atoms with Crippen molar-refractivity contribution >= 4 is 34.8 Å². The van der Waals surface area contributed by atoms with Gasteiger partial charge in [0.2, 0.25) is 5.91 Å². The Labute approximate surface area is 98.6 Å². The van der Waals surface area contributed by atoms with Gasteiger partial charge in [0.05, 0.1) is 10.7 Å². The number of nitrogens with one attached hydrogen (secondary N) is 1. The molecule has 1 aliphatic rings. The molecule has 1 saturated carbocycles. The van der Waals surface area contributed by atoms with E-state index in [1.807, 2.05) is 6.92 Å². The quantitative estimate of drug-likeness (QED) is 0.845. The van der Waals surface area contributed by atoms with Crippen molar-refractivity contribution in [3.05, 3.63) is 27.7 Å². The van der Waals surface area contributed by atoms with E-state index in [2.05, 4.69) is 5.32 Å². The zero-order valence-corrected chi connectivity index (χ0v) is 9.82. The first-order chi connectivity index (χ1) is 7.08. The molecular formula is C11H11Cl2NO. The summed E-state index contributed by atoms with van der Waals surface area (Å²) in [7, 11) is 0. The lowest BCUT2D eigenvalue weighted by Crippen LogP contribution is -2.13. The van der Waals surface area contributed by atoms with Gasteiger partial charge in [-0.1, -0.05) is 23.2 Å². The Morgan fingerprint density at radius 2 is 2.00 bits per heavy atom. The Hall–Kier alpha value is -0.730. The molecule has 0 atom stereocenters. The summed E-state index contributed by atoms with van der Waals surface area (Å²) in [4.78, 5) is 11.5. The van der Waals surface area contributed by atoms with Crippen LogP contribution >= 0.6 is 23.2 Å². The van der Waals surface area contributed by atoms with E-state index in [1.54, 1.807) is 12.1 Å².